The number of halogens is 1. The standard InChI is InChI=1S/C19H17ClN2O2/c20-16-8-6-14(7-9-16)18(23)13-21-19(24)15-4-3-5-17(12-15)22-10-1-2-11-22/h1-12,18,23H,13H2,(H,21,24)/t18-/m0/s1. The highest BCUT2D eigenvalue weighted by Gasteiger charge is 2.11. The number of hydrogen-bond donors (Lipinski definition) is 2. The molecular weight excluding hydrogens is 324 g/mol. The minimum absolute atomic E-state index is 0.133. The van der Waals surface area contributed by atoms with Crippen molar-refractivity contribution in [2.24, 2.45) is 0 Å². The van der Waals surface area contributed by atoms with Gasteiger partial charge in [0, 0.05) is 35.2 Å². The van der Waals surface area contributed by atoms with Crippen LogP contribution >= 0.6 is 11.6 Å². The zero-order valence-electron chi connectivity index (χ0n) is 12.9. The van der Waals surface area contributed by atoms with E-state index in [-0.39, 0.29) is 12.5 Å². The summed E-state index contributed by atoms with van der Waals surface area (Å²) in [6.07, 6.45) is 3.06. The summed E-state index contributed by atoms with van der Waals surface area (Å²) in [5.41, 5.74) is 2.16. The Labute approximate surface area is 145 Å². The van der Waals surface area contributed by atoms with Gasteiger partial charge in [-0.05, 0) is 48.0 Å². The molecule has 2 aromatic carbocycles. The number of aliphatic hydroxyl groups excluding tert-OH is 1. The molecule has 0 saturated carbocycles. The van der Waals surface area contributed by atoms with Gasteiger partial charge in [-0.2, -0.15) is 0 Å². The van der Waals surface area contributed by atoms with Gasteiger partial charge in [-0.1, -0.05) is 29.8 Å². The van der Waals surface area contributed by atoms with Crippen molar-refractivity contribution >= 4 is 17.5 Å². The second-order valence-corrected chi connectivity index (χ2v) is 5.85. The van der Waals surface area contributed by atoms with Gasteiger partial charge in [-0.3, -0.25) is 4.79 Å². The van der Waals surface area contributed by atoms with Gasteiger partial charge in [-0.25, -0.2) is 0 Å². The highest BCUT2D eigenvalue weighted by molar-refractivity contribution is 6.30. The molecule has 1 atom stereocenters. The van der Waals surface area contributed by atoms with E-state index in [1.54, 1.807) is 30.3 Å². The summed E-state index contributed by atoms with van der Waals surface area (Å²) in [7, 11) is 0. The van der Waals surface area contributed by atoms with E-state index in [1.165, 1.54) is 0 Å². The van der Waals surface area contributed by atoms with Crippen LogP contribution in [0.5, 0.6) is 0 Å². The molecule has 0 fully saturated rings. The topological polar surface area (TPSA) is 54.3 Å². The van der Waals surface area contributed by atoms with E-state index in [0.717, 1.165) is 5.69 Å². The fourth-order valence-electron chi connectivity index (χ4n) is 2.41. The van der Waals surface area contributed by atoms with Crippen molar-refractivity contribution in [1.82, 2.24) is 9.88 Å². The molecule has 0 unspecified atom stereocenters. The van der Waals surface area contributed by atoms with E-state index in [9.17, 15) is 9.90 Å². The molecule has 1 heterocycles. The summed E-state index contributed by atoms with van der Waals surface area (Å²) < 4.78 is 1.93. The summed E-state index contributed by atoms with van der Waals surface area (Å²) in [6.45, 7) is 0.133. The predicted molar refractivity (Wildman–Crippen MR) is 94.5 cm³/mol. The summed E-state index contributed by atoms with van der Waals surface area (Å²) in [6, 6.07) is 18.1. The molecule has 0 saturated heterocycles. The molecule has 0 aliphatic rings. The van der Waals surface area contributed by atoms with Gasteiger partial charge in [0.1, 0.15) is 0 Å². The van der Waals surface area contributed by atoms with E-state index in [2.05, 4.69) is 5.32 Å². The van der Waals surface area contributed by atoms with Gasteiger partial charge in [0.05, 0.1) is 6.10 Å². The van der Waals surface area contributed by atoms with Crippen LogP contribution in [0, 0.1) is 0 Å². The minimum Gasteiger partial charge on any atom is -0.387 e. The normalized spacial score (nSPS) is 11.9. The molecule has 3 aromatic rings. The van der Waals surface area contributed by atoms with Crippen molar-refractivity contribution in [3.05, 3.63) is 89.2 Å². The third kappa shape index (κ3) is 3.85. The number of aromatic nitrogens is 1. The molecule has 0 bridgehead atoms. The monoisotopic (exact) mass is 340 g/mol. The maximum Gasteiger partial charge on any atom is 0.251 e. The number of amides is 1. The molecule has 0 aliphatic heterocycles. The maximum atomic E-state index is 12.3. The molecule has 122 valence electrons. The predicted octanol–water partition coefficient (Wildman–Crippen LogP) is 3.59. The fraction of sp³-hybridized carbons (Fsp3) is 0.105. The second kappa shape index (κ2) is 7.34. The molecule has 0 aliphatic carbocycles. The quantitative estimate of drug-likeness (QED) is 0.745. The molecule has 4 nitrogen and oxygen atoms in total. The number of nitrogens with one attached hydrogen (secondary N) is 1. The Hall–Kier alpha value is -2.56. The minimum atomic E-state index is -0.779. The van der Waals surface area contributed by atoms with Gasteiger partial charge in [-0.15, -0.1) is 0 Å². The van der Waals surface area contributed by atoms with Crippen LogP contribution < -0.4 is 5.32 Å². The maximum absolute atomic E-state index is 12.3. The average Bonchev–Trinajstić information content (AvgIpc) is 3.15. The summed E-state index contributed by atoms with van der Waals surface area (Å²) in [4.78, 5) is 12.3. The Bertz CT molecular complexity index is 814. The lowest BCUT2D eigenvalue weighted by Crippen LogP contribution is -2.28. The van der Waals surface area contributed by atoms with Crippen LogP contribution in [0.2, 0.25) is 5.02 Å². The number of rotatable bonds is 5. The Kier molecular flexibility index (Phi) is 4.99. The molecule has 1 amide bonds. The smallest absolute Gasteiger partial charge is 0.251 e. The van der Waals surface area contributed by atoms with Crippen LogP contribution in [0.15, 0.2) is 73.1 Å². The van der Waals surface area contributed by atoms with Gasteiger partial charge < -0.3 is 15.0 Å². The van der Waals surface area contributed by atoms with E-state index in [4.69, 9.17) is 11.6 Å². The third-order valence-corrected chi connectivity index (χ3v) is 3.97. The largest absolute Gasteiger partial charge is 0.387 e. The fourth-order valence-corrected chi connectivity index (χ4v) is 2.53. The van der Waals surface area contributed by atoms with Crippen molar-refractivity contribution in [3.63, 3.8) is 0 Å². The number of nitrogens with zero attached hydrogens (tertiary/aromatic N) is 1. The molecule has 5 heteroatoms. The summed E-state index contributed by atoms with van der Waals surface area (Å²) >= 11 is 5.83. The van der Waals surface area contributed by atoms with E-state index in [0.29, 0.717) is 16.1 Å². The molecule has 2 N–H and O–H groups in total. The van der Waals surface area contributed by atoms with E-state index < -0.39 is 6.10 Å². The number of carbonyl (C=O) groups excluding carboxylic acids is 1. The lowest BCUT2D eigenvalue weighted by atomic mass is 10.1. The van der Waals surface area contributed by atoms with Crippen LogP contribution in [-0.2, 0) is 0 Å². The first-order chi connectivity index (χ1) is 11.6. The Morgan fingerprint density at radius 3 is 2.50 bits per heavy atom. The zero-order valence-corrected chi connectivity index (χ0v) is 13.6. The Balaban J connectivity index is 1.65. The Morgan fingerprint density at radius 1 is 1.08 bits per heavy atom. The van der Waals surface area contributed by atoms with Crippen molar-refractivity contribution in [2.75, 3.05) is 6.54 Å². The molecule has 24 heavy (non-hydrogen) atoms. The van der Waals surface area contributed by atoms with Crippen molar-refractivity contribution in [2.45, 2.75) is 6.10 Å². The lowest BCUT2D eigenvalue weighted by Gasteiger charge is -2.13. The van der Waals surface area contributed by atoms with Crippen LogP contribution in [0.3, 0.4) is 0 Å². The average molecular weight is 341 g/mol. The first-order valence-corrected chi connectivity index (χ1v) is 7.96. The van der Waals surface area contributed by atoms with Gasteiger partial charge in [0.25, 0.3) is 5.91 Å². The van der Waals surface area contributed by atoms with E-state index >= 15 is 0 Å². The SMILES string of the molecule is O=C(NC[C@H](O)c1ccc(Cl)cc1)c1cccc(-n2cccc2)c1. The molecule has 3 rings (SSSR count). The third-order valence-electron chi connectivity index (χ3n) is 3.72. The van der Waals surface area contributed by atoms with Crippen molar-refractivity contribution in [3.8, 4) is 5.69 Å². The van der Waals surface area contributed by atoms with Gasteiger partial charge in [0.2, 0.25) is 0 Å². The van der Waals surface area contributed by atoms with Crippen LogP contribution in [0.4, 0.5) is 0 Å². The summed E-state index contributed by atoms with van der Waals surface area (Å²) in [5.74, 6) is -0.225. The van der Waals surface area contributed by atoms with Gasteiger partial charge >= 0.3 is 0 Å². The molecule has 0 radical (unpaired) electrons. The summed E-state index contributed by atoms with van der Waals surface area (Å²) in [5, 5.41) is 13.5. The van der Waals surface area contributed by atoms with Crippen molar-refractivity contribution < 1.29 is 9.90 Å². The van der Waals surface area contributed by atoms with Crippen molar-refractivity contribution in [1.29, 1.82) is 0 Å². The molecule has 0 spiro atoms. The molecular formula is C19H17ClN2O2. The number of benzene rings is 2. The highest BCUT2D eigenvalue weighted by atomic mass is 35.5. The van der Waals surface area contributed by atoms with Crippen LogP contribution in [0.25, 0.3) is 5.69 Å². The van der Waals surface area contributed by atoms with Crippen LogP contribution in [0.1, 0.15) is 22.0 Å². The number of aliphatic hydroxyl groups is 1. The van der Waals surface area contributed by atoms with E-state index in [1.807, 2.05) is 47.3 Å². The second-order valence-electron chi connectivity index (χ2n) is 5.42. The van der Waals surface area contributed by atoms with Crippen LogP contribution in [-0.4, -0.2) is 22.1 Å². The number of carbonyl (C=O) groups is 1. The first-order valence-electron chi connectivity index (χ1n) is 7.58. The molecule has 1 aromatic heterocycles. The Morgan fingerprint density at radius 2 is 1.79 bits per heavy atom. The lowest BCUT2D eigenvalue weighted by molar-refractivity contribution is 0.0916. The highest BCUT2D eigenvalue weighted by Crippen LogP contribution is 2.16. The zero-order chi connectivity index (χ0) is 16.9. The number of hydrogen-bond acceptors (Lipinski definition) is 2. The first kappa shape index (κ1) is 16.3. The van der Waals surface area contributed by atoms with Gasteiger partial charge in [0.15, 0.2) is 0 Å².